The molecule has 3 rings (SSSR count). The number of aromatic nitrogens is 1. The molecule has 1 heterocycles. The maximum atomic E-state index is 12.4. The van der Waals surface area contributed by atoms with Gasteiger partial charge in [0, 0.05) is 37.5 Å². The van der Waals surface area contributed by atoms with Gasteiger partial charge in [-0.25, -0.2) is 8.42 Å². The van der Waals surface area contributed by atoms with Crippen LogP contribution < -0.4 is 15.4 Å². The van der Waals surface area contributed by atoms with Crippen molar-refractivity contribution in [3.8, 4) is 0 Å². The molecule has 160 valence electrons. The molecule has 31 heavy (non-hydrogen) atoms. The second kappa shape index (κ2) is 10.4. The number of carbonyl (C=O) groups is 2. The molecule has 3 N–H and O–H groups in total. The first-order valence-corrected chi connectivity index (χ1v) is 11.0. The van der Waals surface area contributed by atoms with E-state index in [0.717, 1.165) is 5.56 Å². The lowest BCUT2D eigenvalue weighted by Gasteiger charge is -2.09. The molecule has 0 unspecified atom stereocenters. The van der Waals surface area contributed by atoms with Gasteiger partial charge >= 0.3 is 0 Å². The second-order valence-corrected chi connectivity index (χ2v) is 8.32. The van der Waals surface area contributed by atoms with Gasteiger partial charge in [-0.15, -0.1) is 0 Å². The molecule has 0 fully saturated rings. The van der Waals surface area contributed by atoms with Gasteiger partial charge in [-0.2, -0.15) is 0 Å². The zero-order valence-electron chi connectivity index (χ0n) is 16.6. The van der Waals surface area contributed by atoms with E-state index in [9.17, 15) is 18.0 Å². The van der Waals surface area contributed by atoms with Crippen molar-refractivity contribution in [2.75, 3.05) is 11.3 Å². The summed E-state index contributed by atoms with van der Waals surface area (Å²) < 4.78 is 27.3. The average molecular weight is 439 g/mol. The molecule has 0 radical (unpaired) electrons. The monoisotopic (exact) mass is 438 g/mol. The summed E-state index contributed by atoms with van der Waals surface area (Å²) in [5.41, 5.74) is 1.68. The smallest absolute Gasteiger partial charge is 0.261 e. The molecule has 1 aromatic heterocycles. The first-order valence-electron chi connectivity index (χ1n) is 9.56. The van der Waals surface area contributed by atoms with Crippen molar-refractivity contribution in [1.29, 1.82) is 0 Å². The van der Waals surface area contributed by atoms with Crippen LogP contribution in [0.15, 0.2) is 84.0 Å². The number of pyridine rings is 1. The van der Waals surface area contributed by atoms with Gasteiger partial charge in [0.1, 0.15) is 0 Å². The van der Waals surface area contributed by atoms with E-state index < -0.39 is 10.0 Å². The van der Waals surface area contributed by atoms with Gasteiger partial charge in [-0.05, 0) is 42.0 Å². The average Bonchev–Trinajstić information content (AvgIpc) is 2.79. The van der Waals surface area contributed by atoms with Crippen LogP contribution in [-0.2, 0) is 21.4 Å². The van der Waals surface area contributed by atoms with Gasteiger partial charge in [-0.3, -0.25) is 19.3 Å². The van der Waals surface area contributed by atoms with Gasteiger partial charge in [0.15, 0.2) is 0 Å². The highest BCUT2D eigenvalue weighted by Gasteiger charge is 2.15. The zero-order chi connectivity index (χ0) is 22.1. The van der Waals surface area contributed by atoms with Crippen molar-refractivity contribution in [3.63, 3.8) is 0 Å². The molecule has 2 amide bonds. The number of anilines is 1. The van der Waals surface area contributed by atoms with Gasteiger partial charge in [0.25, 0.3) is 15.9 Å². The van der Waals surface area contributed by atoms with E-state index in [1.165, 1.54) is 48.8 Å². The molecule has 0 atom stereocenters. The van der Waals surface area contributed by atoms with E-state index in [1.54, 1.807) is 0 Å². The topological polar surface area (TPSA) is 117 Å². The molecule has 0 aliphatic carbocycles. The van der Waals surface area contributed by atoms with E-state index in [0.29, 0.717) is 17.8 Å². The predicted molar refractivity (Wildman–Crippen MR) is 117 cm³/mol. The third-order valence-electron chi connectivity index (χ3n) is 4.33. The standard InChI is InChI=1S/C22H22N4O4S/c27-21(25-16-17-4-2-1-3-5-17)12-15-24-22(28)18-6-8-20(9-7-18)31(29,30)26-19-10-13-23-14-11-19/h1-11,13-14H,12,15-16H2,(H,23,26)(H,24,28)(H,25,27). The van der Waals surface area contributed by atoms with Crippen molar-refractivity contribution >= 4 is 27.5 Å². The number of hydrogen-bond acceptors (Lipinski definition) is 5. The van der Waals surface area contributed by atoms with Crippen LogP contribution in [-0.4, -0.2) is 31.8 Å². The normalized spacial score (nSPS) is 10.8. The third kappa shape index (κ3) is 6.65. The van der Waals surface area contributed by atoms with E-state index in [-0.39, 0.29) is 29.7 Å². The van der Waals surface area contributed by atoms with E-state index in [4.69, 9.17) is 0 Å². The molecular formula is C22H22N4O4S. The summed E-state index contributed by atoms with van der Waals surface area (Å²) >= 11 is 0. The van der Waals surface area contributed by atoms with Gasteiger partial charge in [0.05, 0.1) is 10.6 Å². The second-order valence-electron chi connectivity index (χ2n) is 6.63. The fourth-order valence-corrected chi connectivity index (χ4v) is 3.75. The van der Waals surface area contributed by atoms with E-state index >= 15 is 0 Å². The summed E-state index contributed by atoms with van der Waals surface area (Å²) in [6.45, 7) is 0.597. The van der Waals surface area contributed by atoms with Crippen molar-refractivity contribution < 1.29 is 18.0 Å². The fourth-order valence-electron chi connectivity index (χ4n) is 2.70. The Bertz CT molecular complexity index is 1120. The van der Waals surface area contributed by atoms with Crippen molar-refractivity contribution in [2.45, 2.75) is 17.9 Å². The Hall–Kier alpha value is -3.72. The molecule has 0 aliphatic heterocycles. The maximum Gasteiger partial charge on any atom is 0.261 e. The summed E-state index contributed by atoms with van der Waals surface area (Å²) in [5.74, 6) is -0.560. The molecule has 8 nitrogen and oxygen atoms in total. The molecular weight excluding hydrogens is 416 g/mol. The van der Waals surface area contributed by atoms with E-state index in [1.807, 2.05) is 30.3 Å². The number of sulfonamides is 1. The Kier molecular flexibility index (Phi) is 7.34. The number of amides is 2. The van der Waals surface area contributed by atoms with Crippen LogP contribution in [0.25, 0.3) is 0 Å². The van der Waals surface area contributed by atoms with Crippen LogP contribution in [0.1, 0.15) is 22.3 Å². The molecule has 0 spiro atoms. The quantitative estimate of drug-likeness (QED) is 0.474. The minimum atomic E-state index is -3.78. The minimum Gasteiger partial charge on any atom is -0.352 e. The number of rotatable bonds is 9. The first-order chi connectivity index (χ1) is 14.9. The Labute approximate surface area is 180 Å². The Morgan fingerprint density at radius 1 is 0.839 bits per heavy atom. The molecule has 0 aliphatic rings. The lowest BCUT2D eigenvalue weighted by atomic mass is 10.2. The number of carbonyl (C=O) groups excluding carboxylic acids is 2. The van der Waals surface area contributed by atoms with Crippen molar-refractivity contribution in [3.05, 3.63) is 90.3 Å². The van der Waals surface area contributed by atoms with Crippen LogP contribution in [0.4, 0.5) is 5.69 Å². The molecule has 0 saturated heterocycles. The lowest BCUT2D eigenvalue weighted by Crippen LogP contribution is -2.30. The fraction of sp³-hybridized carbons (Fsp3) is 0.136. The minimum absolute atomic E-state index is 0.0288. The van der Waals surface area contributed by atoms with Crippen LogP contribution in [0.2, 0.25) is 0 Å². The van der Waals surface area contributed by atoms with Gasteiger partial charge < -0.3 is 10.6 Å². The highest BCUT2D eigenvalue weighted by atomic mass is 32.2. The number of hydrogen-bond donors (Lipinski definition) is 3. The summed E-state index contributed by atoms with van der Waals surface area (Å²) in [5, 5.41) is 5.44. The number of nitrogens with zero attached hydrogens (tertiary/aromatic N) is 1. The molecule has 9 heteroatoms. The molecule has 0 saturated carbocycles. The number of nitrogens with one attached hydrogen (secondary N) is 3. The Balaban J connectivity index is 1.47. The number of benzene rings is 2. The summed E-state index contributed by atoms with van der Waals surface area (Å²) in [4.78, 5) is 28.0. The largest absolute Gasteiger partial charge is 0.352 e. The van der Waals surface area contributed by atoms with Crippen molar-refractivity contribution in [1.82, 2.24) is 15.6 Å². The van der Waals surface area contributed by atoms with Crippen molar-refractivity contribution in [2.24, 2.45) is 0 Å². The highest BCUT2D eigenvalue weighted by Crippen LogP contribution is 2.16. The molecule has 2 aromatic carbocycles. The first kappa shape index (κ1) is 22.0. The lowest BCUT2D eigenvalue weighted by molar-refractivity contribution is -0.121. The van der Waals surface area contributed by atoms with Crippen LogP contribution >= 0.6 is 0 Å². The summed E-state index contributed by atoms with van der Waals surface area (Å²) in [7, 11) is -3.78. The Morgan fingerprint density at radius 3 is 2.19 bits per heavy atom. The molecule has 0 bridgehead atoms. The third-order valence-corrected chi connectivity index (χ3v) is 5.73. The van der Waals surface area contributed by atoms with Gasteiger partial charge in [0.2, 0.25) is 5.91 Å². The van der Waals surface area contributed by atoms with E-state index in [2.05, 4.69) is 20.3 Å². The SMILES string of the molecule is O=C(CCNC(=O)c1ccc(S(=O)(=O)Nc2ccncc2)cc1)NCc1ccccc1. The van der Waals surface area contributed by atoms with Gasteiger partial charge in [-0.1, -0.05) is 30.3 Å². The van der Waals surface area contributed by atoms with Crippen LogP contribution in [0.3, 0.4) is 0 Å². The summed E-state index contributed by atoms with van der Waals surface area (Å²) in [6.07, 6.45) is 3.10. The molecule has 3 aromatic rings. The van der Waals surface area contributed by atoms with Crippen LogP contribution in [0, 0.1) is 0 Å². The predicted octanol–water partition coefficient (Wildman–Crippen LogP) is 2.32. The maximum absolute atomic E-state index is 12.4. The van der Waals surface area contributed by atoms with Crippen LogP contribution in [0.5, 0.6) is 0 Å². The highest BCUT2D eigenvalue weighted by molar-refractivity contribution is 7.92. The zero-order valence-corrected chi connectivity index (χ0v) is 17.4. The summed E-state index contributed by atoms with van der Waals surface area (Å²) in [6, 6.07) is 18.1. The Morgan fingerprint density at radius 2 is 1.52 bits per heavy atom.